The Balaban J connectivity index is 2.08. The molecule has 152 valence electrons. The third-order valence-corrected chi connectivity index (χ3v) is 6.26. The van der Waals surface area contributed by atoms with Gasteiger partial charge in [0.15, 0.2) is 0 Å². The van der Waals surface area contributed by atoms with Crippen molar-refractivity contribution in [3.8, 4) is 0 Å². The molecule has 1 aliphatic heterocycles. The van der Waals surface area contributed by atoms with Gasteiger partial charge in [0, 0.05) is 23.0 Å². The Morgan fingerprint density at radius 1 is 1.36 bits per heavy atom. The molecule has 0 saturated carbocycles. The van der Waals surface area contributed by atoms with Gasteiger partial charge in [0.05, 0.1) is 17.9 Å². The molecule has 3 rings (SSSR count). The molecule has 1 amide bonds. The van der Waals surface area contributed by atoms with E-state index in [9.17, 15) is 9.59 Å². The Bertz CT molecular complexity index is 940. The highest BCUT2D eigenvalue weighted by atomic mass is 32.1. The van der Waals surface area contributed by atoms with Crippen molar-refractivity contribution in [2.24, 2.45) is 7.05 Å². The molecule has 0 aliphatic carbocycles. The maximum atomic E-state index is 12.8. The van der Waals surface area contributed by atoms with E-state index >= 15 is 0 Å². The van der Waals surface area contributed by atoms with Crippen LogP contribution in [0, 0.1) is 6.92 Å². The molecule has 28 heavy (non-hydrogen) atoms. The van der Waals surface area contributed by atoms with Crippen LogP contribution >= 0.6 is 11.3 Å². The smallest absolute Gasteiger partial charge is 0.341 e. The summed E-state index contributed by atoms with van der Waals surface area (Å²) in [6.45, 7) is 12.3. The quantitative estimate of drug-likeness (QED) is 0.763. The van der Waals surface area contributed by atoms with Gasteiger partial charge in [-0.15, -0.1) is 11.3 Å². The van der Waals surface area contributed by atoms with Gasteiger partial charge in [-0.3, -0.25) is 9.48 Å². The van der Waals surface area contributed by atoms with E-state index in [1.807, 2.05) is 6.92 Å². The summed E-state index contributed by atoms with van der Waals surface area (Å²) in [4.78, 5) is 26.7. The van der Waals surface area contributed by atoms with Crippen LogP contribution in [0.5, 0.6) is 0 Å². The number of anilines is 1. The fraction of sp³-hybridized carbons (Fsp3) is 0.550. The number of carbonyl (C=O) groups excluding carboxylic acids is 2. The molecule has 0 radical (unpaired) electrons. The lowest BCUT2D eigenvalue weighted by molar-refractivity contribution is 0.0526. The minimum Gasteiger partial charge on any atom is -0.462 e. The largest absolute Gasteiger partial charge is 0.462 e. The maximum absolute atomic E-state index is 12.8. The first-order chi connectivity index (χ1) is 12.9. The van der Waals surface area contributed by atoms with Gasteiger partial charge in [0.25, 0.3) is 5.91 Å². The maximum Gasteiger partial charge on any atom is 0.341 e. The number of aryl methyl sites for hydroxylation is 2. The summed E-state index contributed by atoms with van der Waals surface area (Å²) in [7, 11) is 1.73. The van der Waals surface area contributed by atoms with Gasteiger partial charge in [-0.1, -0.05) is 0 Å². The van der Waals surface area contributed by atoms with E-state index < -0.39 is 5.97 Å². The zero-order valence-corrected chi connectivity index (χ0v) is 18.3. The second-order valence-electron chi connectivity index (χ2n) is 8.39. The Kier molecular flexibility index (Phi) is 5.14. The number of aromatic nitrogens is 2. The van der Waals surface area contributed by atoms with Crippen molar-refractivity contribution < 1.29 is 14.3 Å². The number of nitrogens with zero attached hydrogens (tertiary/aromatic N) is 2. The summed E-state index contributed by atoms with van der Waals surface area (Å²) in [5.41, 5.74) is 2.12. The van der Waals surface area contributed by atoms with Crippen molar-refractivity contribution in [3.05, 3.63) is 33.5 Å². The van der Waals surface area contributed by atoms with E-state index in [1.54, 1.807) is 20.0 Å². The van der Waals surface area contributed by atoms with Crippen molar-refractivity contribution in [2.75, 3.05) is 11.9 Å². The molecule has 8 heteroatoms. The van der Waals surface area contributed by atoms with Crippen molar-refractivity contribution in [1.82, 2.24) is 15.1 Å². The predicted molar refractivity (Wildman–Crippen MR) is 110 cm³/mol. The number of fused-ring (bicyclic) bond motifs is 1. The van der Waals surface area contributed by atoms with E-state index in [4.69, 9.17) is 4.74 Å². The summed E-state index contributed by atoms with van der Waals surface area (Å²) in [5.74, 6) is -0.692. The fourth-order valence-electron chi connectivity index (χ4n) is 4.03. The Morgan fingerprint density at radius 3 is 2.61 bits per heavy atom. The number of carbonyl (C=O) groups is 2. The second-order valence-corrected chi connectivity index (χ2v) is 9.41. The molecule has 0 fully saturated rings. The molecule has 3 heterocycles. The van der Waals surface area contributed by atoms with Gasteiger partial charge in [-0.25, -0.2) is 4.79 Å². The predicted octanol–water partition coefficient (Wildman–Crippen LogP) is 3.38. The van der Waals surface area contributed by atoms with Crippen LogP contribution in [0.1, 0.15) is 71.6 Å². The van der Waals surface area contributed by atoms with Crippen LogP contribution in [0.2, 0.25) is 0 Å². The number of esters is 1. The molecule has 2 aromatic rings. The minimum absolute atomic E-state index is 0.181. The fourth-order valence-corrected chi connectivity index (χ4v) is 5.29. The van der Waals surface area contributed by atoms with Gasteiger partial charge in [0.1, 0.15) is 10.7 Å². The average molecular weight is 405 g/mol. The van der Waals surface area contributed by atoms with Crippen molar-refractivity contribution in [1.29, 1.82) is 0 Å². The van der Waals surface area contributed by atoms with Gasteiger partial charge >= 0.3 is 5.97 Å². The van der Waals surface area contributed by atoms with Gasteiger partial charge in [-0.05, 0) is 59.6 Å². The van der Waals surface area contributed by atoms with Crippen LogP contribution in [0.15, 0.2) is 6.07 Å². The lowest BCUT2D eigenvalue weighted by Gasteiger charge is -2.42. The van der Waals surface area contributed by atoms with Gasteiger partial charge < -0.3 is 15.4 Å². The topological polar surface area (TPSA) is 85.2 Å². The van der Waals surface area contributed by atoms with Gasteiger partial charge in [0.2, 0.25) is 0 Å². The number of hydrogen-bond acceptors (Lipinski definition) is 6. The van der Waals surface area contributed by atoms with E-state index in [0.717, 1.165) is 16.1 Å². The molecule has 2 aromatic heterocycles. The number of nitrogens with one attached hydrogen (secondary N) is 2. The molecule has 0 bridgehead atoms. The summed E-state index contributed by atoms with van der Waals surface area (Å²) >= 11 is 1.43. The van der Waals surface area contributed by atoms with Crippen molar-refractivity contribution >= 4 is 28.2 Å². The molecule has 0 unspecified atom stereocenters. The summed E-state index contributed by atoms with van der Waals surface area (Å²) in [5, 5.41) is 11.3. The van der Waals surface area contributed by atoms with Crippen molar-refractivity contribution in [3.63, 3.8) is 0 Å². The first-order valence-electron chi connectivity index (χ1n) is 9.40. The molecular weight excluding hydrogens is 376 g/mol. The molecule has 0 atom stereocenters. The SMILES string of the molecule is CCOC(=O)c1c(NC(=O)c2cc(C)nn2C)sc2c1CC(C)(C)NC2(C)C. The Morgan fingerprint density at radius 2 is 2.04 bits per heavy atom. The standard InChI is InChI=1S/C20H28N4O3S/c1-8-27-18(26)14-12-10-19(3,4)23-20(5,6)15(12)28-17(14)21-16(25)13-9-11(2)22-24(13)7/h9,23H,8,10H2,1-7H3,(H,21,25). The third-order valence-electron chi connectivity index (χ3n) is 4.79. The average Bonchev–Trinajstić information content (AvgIpc) is 3.05. The number of rotatable bonds is 4. The number of hydrogen-bond donors (Lipinski definition) is 2. The first kappa shape index (κ1) is 20.5. The van der Waals surface area contributed by atoms with Crippen LogP contribution in [-0.4, -0.2) is 33.8 Å². The molecule has 0 saturated heterocycles. The Labute approximate surface area is 169 Å². The lowest BCUT2D eigenvalue weighted by atomic mass is 9.81. The molecule has 7 nitrogen and oxygen atoms in total. The zero-order chi connectivity index (χ0) is 20.9. The number of amides is 1. The molecule has 0 aromatic carbocycles. The zero-order valence-electron chi connectivity index (χ0n) is 17.5. The van der Waals surface area contributed by atoms with Crippen LogP contribution in [0.3, 0.4) is 0 Å². The second kappa shape index (κ2) is 7.00. The molecule has 0 spiro atoms. The highest BCUT2D eigenvalue weighted by Gasteiger charge is 2.42. The minimum atomic E-state index is -0.398. The lowest BCUT2D eigenvalue weighted by Crippen LogP contribution is -2.55. The van der Waals surface area contributed by atoms with Gasteiger partial charge in [-0.2, -0.15) is 5.10 Å². The molecular formula is C20H28N4O3S. The monoisotopic (exact) mass is 404 g/mol. The Hall–Kier alpha value is -2.19. The van der Waals surface area contributed by atoms with Crippen LogP contribution < -0.4 is 10.6 Å². The highest BCUT2D eigenvalue weighted by Crippen LogP contribution is 2.45. The van der Waals surface area contributed by atoms with E-state index in [0.29, 0.717) is 22.7 Å². The third kappa shape index (κ3) is 3.71. The van der Waals surface area contributed by atoms with E-state index in [1.165, 1.54) is 16.0 Å². The van der Waals surface area contributed by atoms with E-state index in [-0.39, 0.29) is 23.6 Å². The molecule has 2 N–H and O–H groups in total. The normalized spacial score (nSPS) is 17.1. The van der Waals surface area contributed by atoms with E-state index in [2.05, 4.69) is 43.4 Å². The first-order valence-corrected chi connectivity index (χ1v) is 10.2. The van der Waals surface area contributed by atoms with Crippen LogP contribution in [0.25, 0.3) is 0 Å². The number of ether oxygens (including phenoxy) is 1. The molecule has 1 aliphatic rings. The summed E-state index contributed by atoms with van der Waals surface area (Å²) in [6.07, 6.45) is 0.678. The summed E-state index contributed by atoms with van der Waals surface area (Å²) < 4.78 is 6.86. The van der Waals surface area contributed by atoms with Crippen LogP contribution in [-0.2, 0) is 23.7 Å². The van der Waals surface area contributed by atoms with Crippen LogP contribution in [0.4, 0.5) is 5.00 Å². The van der Waals surface area contributed by atoms with Crippen molar-refractivity contribution in [2.45, 2.75) is 59.0 Å². The number of thiophene rings is 1. The highest BCUT2D eigenvalue weighted by molar-refractivity contribution is 7.17. The summed E-state index contributed by atoms with van der Waals surface area (Å²) in [6, 6.07) is 1.72.